The maximum atomic E-state index is 9.81. The SMILES string of the molecule is O=[N+]([O-])CCCCC(O)CO. The van der Waals surface area contributed by atoms with E-state index < -0.39 is 6.10 Å². The lowest BCUT2D eigenvalue weighted by Crippen LogP contribution is -2.12. The number of aliphatic hydroxyl groups excluding tert-OH is 2. The van der Waals surface area contributed by atoms with Crippen molar-refractivity contribution in [3.63, 3.8) is 0 Å². The maximum Gasteiger partial charge on any atom is 0.203 e. The van der Waals surface area contributed by atoms with Crippen molar-refractivity contribution in [3.8, 4) is 0 Å². The van der Waals surface area contributed by atoms with Crippen LogP contribution < -0.4 is 0 Å². The Hall–Kier alpha value is -0.680. The molecule has 0 saturated carbocycles. The Morgan fingerprint density at radius 1 is 1.45 bits per heavy atom. The predicted octanol–water partition coefficient (Wildman–Crippen LogP) is -0.213. The standard InChI is InChI=1S/C6H13NO4/c8-5-6(9)3-1-2-4-7(10)11/h6,8-9H,1-5H2. The summed E-state index contributed by atoms with van der Waals surface area (Å²) in [4.78, 5) is 9.42. The van der Waals surface area contributed by atoms with Gasteiger partial charge in [-0.25, -0.2) is 0 Å². The van der Waals surface area contributed by atoms with Crippen LogP contribution in [-0.2, 0) is 0 Å². The zero-order chi connectivity index (χ0) is 8.69. The van der Waals surface area contributed by atoms with Crippen molar-refractivity contribution in [1.82, 2.24) is 0 Å². The summed E-state index contributed by atoms with van der Waals surface area (Å²) in [6.45, 7) is -0.323. The Morgan fingerprint density at radius 3 is 2.55 bits per heavy atom. The third-order valence-corrected chi connectivity index (χ3v) is 1.34. The van der Waals surface area contributed by atoms with Crippen LogP contribution in [0, 0.1) is 10.1 Å². The molecular formula is C6H13NO4. The minimum Gasteiger partial charge on any atom is -0.394 e. The van der Waals surface area contributed by atoms with Crippen LogP contribution >= 0.6 is 0 Å². The molecule has 0 rings (SSSR count). The highest BCUT2D eigenvalue weighted by atomic mass is 16.6. The van der Waals surface area contributed by atoms with Crippen LogP contribution in [0.1, 0.15) is 19.3 Å². The normalized spacial score (nSPS) is 12.9. The third kappa shape index (κ3) is 7.21. The van der Waals surface area contributed by atoms with Crippen LogP contribution in [0.25, 0.3) is 0 Å². The fourth-order valence-electron chi connectivity index (χ4n) is 0.712. The molecule has 0 amide bonds. The zero-order valence-electron chi connectivity index (χ0n) is 6.27. The fourth-order valence-corrected chi connectivity index (χ4v) is 0.712. The van der Waals surface area contributed by atoms with E-state index in [0.717, 1.165) is 0 Å². The van der Waals surface area contributed by atoms with Crippen LogP contribution in [0.4, 0.5) is 0 Å². The highest BCUT2D eigenvalue weighted by molar-refractivity contribution is 4.51. The highest BCUT2D eigenvalue weighted by Gasteiger charge is 2.02. The summed E-state index contributed by atoms with van der Waals surface area (Å²) < 4.78 is 0. The van der Waals surface area contributed by atoms with E-state index in [0.29, 0.717) is 19.3 Å². The molecule has 1 atom stereocenters. The van der Waals surface area contributed by atoms with Crippen molar-refractivity contribution >= 4 is 0 Å². The number of hydrogen-bond donors (Lipinski definition) is 2. The van der Waals surface area contributed by atoms with Gasteiger partial charge in [-0.15, -0.1) is 0 Å². The van der Waals surface area contributed by atoms with Gasteiger partial charge in [0.15, 0.2) is 0 Å². The number of nitro groups is 1. The van der Waals surface area contributed by atoms with Gasteiger partial charge in [0.25, 0.3) is 0 Å². The molecule has 5 nitrogen and oxygen atoms in total. The molecular weight excluding hydrogens is 150 g/mol. The molecule has 1 unspecified atom stereocenters. The van der Waals surface area contributed by atoms with E-state index in [1.165, 1.54) is 0 Å². The van der Waals surface area contributed by atoms with Crippen molar-refractivity contribution in [2.24, 2.45) is 0 Å². The minimum absolute atomic E-state index is 0.0574. The van der Waals surface area contributed by atoms with E-state index in [4.69, 9.17) is 10.2 Å². The molecule has 0 spiro atoms. The van der Waals surface area contributed by atoms with E-state index >= 15 is 0 Å². The summed E-state index contributed by atoms with van der Waals surface area (Å²) in [5.74, 6) is 0. The van der Waals surface area contributed by atoms with Gasteiger partial charge in [-0.3, -0.25) is 10.1 Å². The second-order valence-corrected chi connectivity index (χ2v) is 2.39. The predicted molar refractivity (Wildman–Crippen MR) is 38.8 cm³/mol. The molecule has 2 N–H and O–H groups in total. The number of rotatable bonds is 6. The van der Waals surface area contributed by atoms with Gasteiger partial charge >= 0.3 is 0 Å². The second-order valence-electron chi connectivity index (χ2n) is 2.39. The summed E-state index contributed by atoms with van der Waals surface area (Å²) in [5, 5.41) is 27.0. The largest absolute Gasteiger partial charge is 0.394 e. The van der Waals surface area contributed by atoms with Crippen molar-refractivity contribution in [1.29, 1.82) is 0 Å². The molecule has 11 heavy (non-hydrogen) atoms. The first-order chi connectivity index (χ1) is 5.16. The number of hydrogen-bond acceptors (Lipinski definition) is 4. The van der Waals surface area contributed by atoms with E-state index in [-0.39, 0.29) is 18.1 Å². The molecule has 0 aromatic heterocycles. The number of nitrogens with zero attached hydrogens (tertiary/aromatic N) is 1. The Morgan fingerprint density at radius 2 is 2.09 bits per heavy atom. The molecule has 5 heteroatoms. The van der Waals surface area contributed by atoms with Gasteiger partial charge in [0.05, 0.1) is 12.7 Å². The molecule has 0 saturated heterocycles. The molecule has 0 bridgehead atoms. The second kappa shape index (κ2) is 6.06. The Kier molecular flexibility index (Phi) is 5.68. The molecule has 66 valence electrons. The van der Waals surface area contributed by atoms with Gasteiger partial charge in [-0.2, -0.15) is 0 Å². The first-order valence-electron chi connectivity index (χ1n) is 3.57. The van der Waals surface area contributed by atoms with Crippen molar-refractivity contribution in [2.75, 3.05) is 13.2 Å². The van der Waals surface area contributed by atoms with E-state index in [1.807, 2.05) is 0 Å². The average Bonchev–Trinajstić information content (AvgIpc) is 1.97. The third-order valence-electron chi connectivity index (χ3n) is 1.34. The maximum absolute atomic E-state index is 9.81. The lowest BCUT2D eigenvalue weighted by molar-refractivity contribution is -0.480. The van der Waals surface area contributed by atoms with Gasteiger partial charge in [0.1, 0.15) is 0 Å². The Balaban J connectivity index is 3.08. The first kappa shape index (κ1) is 10.3. The summed E-state index contributed by atoms with van der Waals surface area (Å²) >= 11 is 0. The lowest BCUT2D eigenvalue weighted by atomic mass is 10.1. The quantitative estimate of drug-likeness (QED) is 0.322. The summed E-state index contributed by atoms with van der Waals surface area (Å²) in [7, 11) is 0. The molecule has 0 aliphatic heterocycles. The van der Waals surface area contributed by atoms with Crippen molar-refractivity contribution in [2.45, 2.75) is 25.4 Å². The number of unbranched alkanes of at least 4 members (excludes halogenated alkanes) is 1. The van der Waals surface area contributed by atoms with E-state index in [9.17, 15) is 10.1 Å². The molecule has 0 heterocycles. The summed E-state index contributed by atoms with van der Waals surface area (Å²) in [5.41, 5.74) is 0. The van der Waals surface area contributed by atoms with Gasteiger partial charge in [0, 0.05) is 11.3 Å². The fraction of sp³-hybridized carbons (Fsp3) is 1.00. The van der Waals surface area contributed by atoms with Crippen molar-refractivity contribution in [3.05, 3.63) is 10.1 Å². The summed E-state index contributed by atoms with van der Waals surface area (Å²) in [6.07, 6.45) is 0.763. The molecule has 0 fully saturated rings. The Labute approximate surface area is 64.8 Å². The molecule has 0 aliphatic rings. The monoisotopic (exact) mass is 163 g/mol. The minimum atomic E-state index is -0.721. The first-order valence-corrected chi connectivity index (χ1v) is 3.57. The van der Waals surface area contributed by atoms with Crippen LogP contribution in [0.15, 0.2) is 0 Å². The molecule has 0 aliphatic carbocycles. The van der Waals surface area contributed by atoms with Gasteiger partial charge < -0.3 is 10.2 Å². The average molecular weight is 163 g/mol. The molecule has 0 radical (unpaired) electrons. The van der Waals surface area contributed by atoms with Crippen molar-refractivity contribution < 1.29 is 15.1 Å². The molecule has 0 aromatic carbocycles. The lowest BCUT2D eigenvalue weighted by Gasteiger charge is -2.03. The van der Waals surface area contributed by atoms with E-state index in [2.05, 4.69) is 0 Å². The highest BCUT2D eigenvalue weighted by Crippen LogP contribution is 1.99. The Bertz CT molecular complexity index is 117. The topological polar surface area (TPSA) is 83.6 Å². The van der Waals surface area contributed by atoms with Crippen LogP contribution in [0.2, 0.25) is 0 Å². The smallest absolute Gasteiger partial charge is 0.203 e. The van der Waals surface area contributed by atoms with Crippen LogP contribution in [0.3, 0.4) is 0 Å². The van der Waals surface area contributed by atoms with Crippen LogP contribution in [0.5, 0.6) is 0 Å². The molecule has 0 aromatic rings. The van der Waals surface area contributed by atoms with Gasteiger partial charge in [0.2, 0.25) is 6.54 Å². The van der Waals surface area contributed by atoms with E-state index in [1.54, 1.807) is 0 Å². The van der Waals surface area contributed by atoms with Crippen LogP contribution in [-0.4, -0.2) is 34.4 Å². The zero-order valence-corrected chi connectivity index (χ0v) is 6.27. The number of aliphatic hydroxyl groups is 2. The summed E-state index contributed by atoms with van der Waals surface area (Å²) in [6, 6.07) is 0. The van der Waals surface area contributed by atoms with Gasteiger partial charge in [-0.05, 0) is 12.8 Å². The van der Waals surface area contributed by atoms with Gasteiger partial charge in [-0.1, -0.05) is 0 Å².